The van der Waals surface area contributed by atoms with Crippen molar-refractivity contribution in [2.45, 2.75) is 0 Å². The molecule has 3 rings (SSSR count). The van der Waals surface area contributed by atoms with E-state index in [0.29, 0.717) is 17.1 Å². The number of aromatic nitrogens is 2. The van der Waals surface area contributed by atoms with Crippen molar-refractivity contribution in [2.75, 3.05) is 10.6 Å². The van der Waals surface area contributed by atoms with Gasteiger partial charge < -0.3 is 10.6 Å². The molecule has 1 aromatic carbocycles. The molecule has 2 N–H and O–H groups in total. The van der Waals surface area contributed by atoms with E-state index in [0.717, 1.165) is 12.1 Å². The van der Waals surface area contributed by atoms with Crippen LogP contribution >= 0.6 is 0 Å². The van der Waals surface area contributed by atoms with Gasteiger partial charge in [0, 0.05) is 12.4 Å². The van der Waals surface area contributed by atoms with Crippen molar-refractivity contribution >= 4 is 23.1 Å². The second-order valence-electron chi connectivity index (χ2n) is 4.85. The van der Waals surface area contributed by atoms with Crippen LogP contribution in [0.4, 0.5) is 26.0 Å². The third-order valence-corrected chi connectivity index (χ3v) is 3.16. The van der Waals surface area contributed by atoms with E-state index in [-0.39, 0.29) is 11.6 Å². The second-order valence-corrected chi connectivity index (χ2v) is 4.85. The summed E-state index contributed by atoms with van der Waals surface area (Å²) in [6.45, 7) is 0. The summed E-state index contributed by atoms with van der Waals surface area (Å²) in [6, 6.07) is 9.94. The summed E-state index contributed by atoms with van der Waals surface area (Å²) in [5.41, 5.74) is 0.528. The third-order valence-electron chi connectivity index (χ3n) is 3.16. The quantitative estimate of drug-likeness (QED) is 0.766. The number of hydrogen-bond acceptors (Lipinski definition) is 4. The van der Waals surface area contributed by atoms with E-state index in [1.54, 1.807) is 24.4 Å². The van der Waals surface area contributed by atoms with Crippen molar-refractivity contribution in [3.8, 4) is 0 Å². The molecule has 0 bridgehead atoms. The molecule has 0 fully saturated rings. The average molecular weight is 326 g/mol. The molecule has 0 spiro atoms. The number of carbonyl (C=O) groups is 1. The summed E-state index contributed by atoms with van der Waals surface area (Å²) in [7, 11) is 0. The van der Waals surface area contributed by atoms with Crippen LogP contribution in [0.1, 0.15) is 10.4 Å². The number of halogens is 2. The van der Waals surface area contributed by atoms with Crippen molar-refractivity contribution < 1.29 is 13.6 Å². The fourth-order valence-electron chi connectivity index (χ4n) is 1.99. The number of nitrogens with zero attached hydrogens (tertiary/aromatic N) is 2. The van der Waals surface area contributed by atoms with Gasteiger partial charge in [0.1, 0.15) is 23.1 Å². The maximum absolute atomic E-state index is 13.6. The molecule has 0 aliphatic rings. The highest BCUT2D eigenvalue weighted by atomic mass is 19.1. The van der Waals surface area contributed by atoms with E-state index in [9.17, 15) is 13.6 Å². The van der Waals surface area contributed by atoms with E-state index in [4.69, 9.17) is 0 Å². The highest BCUT2D eigenvalue weighted by molar-refractivity contribution is 6.03. The molecule has 120 valence electrons. The molecular formula is C17H12F2N4O. The van der Waals surface area contributed by atoms with Gasteiger partial charge in [-0.3, -0.25) is 9.78 Å². The average Bonchev–Trinajstić information content (AvgIpc) is 2.60. The number of nitrogens with one attached hydrogen (secondary N) is 2. The lowest BCUT2D eigenvalue weighted by molar-refractivity contribution is 0.102. The van der Waals surface area contributed by atoms with Crippen molar-refractivity contribution in [3.05, 3.63) is 78.3 Å². The van der Waals surface area contributed by atoms with Gasteiger partial charge in [-0.15, -0.1) is 0 Å². The van der Waals surface area contributed by atoms with Gasteiger partial charge in [0.25, 0.3) is 5.91 Å². The van der Waals surface area contributed by atoms with E-state index >= 15 is 0 Å². The topological polar surface area (TPSA) is 66.9 Å². The fraction of sp³-hybridized carbons (Fsp3) is 0. The highest BCUT2D eigenvalue weighted by Gasteiger charge is 2.09. The van der Waals surface area contributed by atoms with E-state index in [1.165, 1.54) is 24.5 Å². The van der Waals surface area contributed by atoms with Crippen LogP contribution in [-0.2, 0) is 0 Å². The Bertz CT molecular complexity index is 834. The Morgan fingerprint density at radius 1 is 0.958 bits per heavy atom. The first kappa shape index (κ1) is 15.5. The molecule has 2 heterocycles. The first-order valence-electron chi connectivity index (χ1n) is 7.02. The number of rotatable bonds is 4. The van der Waals surface area contributed by atoms with Crippen LogP contribution in [0.15, 0.2) is 61.1 Å². The number of anilines is 3. The first-order chi connectivity index (χ1) is 11.6. The van der Waals surface area contributed by atoms with E-state index < -0.39 is 11.6 Å². The predicted octanol–water partition coefficient (Wildman–Crippen LogP) is 3.75. The Balaban J connectivity index is 1.71. The first-order valence-corrected chi connectivity index (χ1v) is 7.02. The largest absolute Gasteiger partial charge is 0.349 e. The molecule has 3 aromatic rings. The maximum atomic E-state index is 13.6. The molecule has 0 aliphatic heterocycles. The van der Waals surface area contributed by atoms with Crippen LogP contribution in [-0.4, -0.2) is 15.9 Å². The van der Waals surface area contributed by atoms with Crippen LogP contribution in [0.5, 0.6) is 0 Å². The van der Waals surface area contributed by atoms with Crippen LogP contribution < -0.4 is 10.6 Å². The van der Waals surface area contributed by atoms with Gasteiger partial charge in [-0.1, -0.05) is 6.07 Å². The van der Waals surface area contributed by atoms with E-state index in [2.05, 4.69) is 20.6 Å². The molecule has 1 amide bonds. The number of para-hydroxylation sites is 1. The van der Waals surface area contributed by atoms with E-state index in [1.807, 2.05) is 0 Å². The van der Waals surface area contributed by atoms with Gasteiger partial charge in [0.2, 0.25) is 0 Å². The summed E-state index contributed by atoms with van der Waals surface area (Å²) in [5, 5.41) is 5.22. The standard InChI is InChI=1S/C17H12F2N4O/c18-13-4-1-5-14(19)16(13)22-12-6-7-15(21-10-12)23-17(24)11-3-2-8-20-9-11/h1-10,22H,(H,21,23,24). The molecule has 0 atom stereocenters. The predicted molar refractivity (Wildman–Crippen MR) is 86.1 cm³/mol. The van der Waals surface area contributed by atoms with Crippen LogP contribution in [0.2, 0.25) is 0 Å². The number of pyridine rings is 2. The minimum Gasteiger partial charge on any atom is -0.349 e. The van der Waals surface area contributed by atoms with Gasteiger partial charge >= 0.3 is 0 Å². The fourth-order valence-corrected chi connectivity index (χ4v) is 1.99. The van der Waals surface area contributed by atoms with Crippen molar-refractivity contribution in [3.63, 3.8) is 0 Å². The normalized spacial score (nSPS) is 10.2. The Kier molecular flexibility index (Phi) is 4.42. The zero-order chi connectivity index (χ0) is 16.9. The lowest BCUT2D eigenvalue weighted by Gasteiger charge is -2.09. The molecule has 0 radical (unpaired) electrons. The van der Waals surface area contributed by atoms with Gasteiger partial charge in [-0.2, -0.15) is 0 Å². The summed E-state index contributed by atoms with van der Waals surface area (Å²) in [6.07, 6.45) is 4.37. The summed E-state index contributed by atoms with van der Waals surface area (Å²) >= 11 is 0. The monoisotopic (exact) mass is 326 g/mol. The maximum Gasteiger partial charge on any atom is 0.258 e. The van der Waals surface area contributed by atoms with Gasteiger partial charge in [0.15, 0.2) is 0 Å². The van der Waals surface area contributed by atoms with Crippen LogP contribution in [0.3, 0.4) is 0 Å². The SMILES string of the molecule is O=C(Nc1ccc(Nc2c(F)cccc2F)cn1)c1cccnc1. The minimum absolute atomic E-state index is 0.258. The minimum atomic E-state index is -0.705. The third kappa shape index (κ3) is 3.52. The molecule has 7 heteroatoms. The Labute approximate surface area is 136 Å². The lowest BCUT2D eigenvalue weighted by Crippen LogP contribution is -2.13. The molecule has 0 saturated heterocycles. The Hall–Kier alpha value is -3.35. The molecule has 5 nitrogen and oxygen atoms in total. The smallest absolute Gasteiger partial charge is 0.258 e. The molecule has 2 aromatic heterocycles. The molecule has 24 heavy (non-hydrogen) atoms. The number of amides is 1. The molecular weight excluding hydrogens is 314 g/mol. The summed E-state index contributed by atoms with van der Waals surface area (Å²) in [4.78, 5) is 19.9. The van der Waals surface area contributed by atoms with Crippen molar-refractivity contribution in [1.82, 2.24) is 9.97 Å². The number of hydrogen-bond donors (Lipinski definition) is 2. The zero-order valence-corrected chi connectivity index (χ0v) is 12.3. The molecule has 0 saturated carbocycles. The van der Waals surface area contributed by atoms with Crippen LogP contribution in [0.25, 0.3) is 0 Å². The summed E-state index contributed by atoms with van der Waals surface area (Å²) < 4.78 is 27.2. The van der Waals surface area contributed by atoms with Crippen molar-refractivity contribution in [1.29, 1.82) is 0 Å². The van der Waals surface area contributed by atoms with Gasteiger partial charge in [-0.25, -0.2) is 13.8 Å². The lowest BCUT2D eigenvalue weighted by atomic mass is 10.2. The van der Waals surface area contributed by atoms with Gasteiger partial charge in [0.05, 0.1) is 17.4 Å². The number of carbonyl (C=O) groups excluding carboxylic acids is 1. The zero-order valence-electron chi connectivity index (χ0n) is 12.3. The summed E-state index contributed by atoms with van der Waals surface area (Å²) in [5.74, 6) is -1.45. The van der Waals surface area contributed by atoms with Gasteiger partial charge in [-0.05, 0) is 36.4 Å². The van der Waals surface area contributed by atoms with Crippen molar-refractivity contribution in [2.24, 2.45) is 0 Å². The highest BCUT2D eigenvalue weighted by Crippen LogP contribution is 2.23. The molecule has 0 aliphatic carbocycles. The second kappa shape index (κ2) is 6.82. The number of benzene rings is 1. The molecule has 0 unspecified atom stereocenters. The Morgan fingerprint density at radius 2 is 1.75 bits per heavy atom. The Morgan fingerprint density at radius 3 is 2.38 bits per heavy atom. The van der Waals surface area contributed by atoms with Crippen LogP contribution in [0, 0.1) is 11.6 Å².